The summed E-state index contributed by atoms with van der Waals surface area (Å²) in [6.45, 7) is 4.73. The molecule has 2 heteroatoms. The molecule has 0 saturated heterocycles. The van der Waals surface area contributed by atoms with Crippen LogP contribution in [0.25, 0.3) is 55.7 Å². The van der Waals surface area contributed by atoms with Gasteiger partial charge in [0, 0.05) is 38.9 Å². The quantitative estimate of drug-likeness (QED) is 0.180. The summed E-state index contributed by atoms with van der Waals surface area (Å²) in [6.07, 6.45) is 0. The Kier molecular flexibility index (Phi) is 6.36. The third-order valence-electron chi connectivity index (χ3n) is 12.9. The minimum absolute atomic E-state index is 0.136. The van der Waals surface area contributed by atoms with Crippen molar-refractivity contribution in [2.75, 3.05) is 4.90 Å². The Hall–Kier alpha value is -6.90. The fourth-order valence-electron chi connectivity index (χ4n) is 10.5. The van der Waals surface area contributed by atoms with Crippen molar-refractivity contribution in [2.45, 2.75) is 24.7 Å². The molecule has 8 aromatic carbocycles. The van der Waals surface area contributed by atoms with Gasteiger partial charge in [-0.05, 0) is 92.0 Å². The second kappa shape index (κ2) is 11.3. The molecule has 9 aromatic rings. The van der Waals surface area contributed by atoms with Crippen LogP contribution in [0.4, 0.5) is 17.1 Å². The van der Waals surface area contributed by atoms with Gasteiger partial charge in [0.05, 0.1) is 11.1 Å². The fraction of sp³-hybridized carbons (Fsp3) is 0.0741. The summed E-state index contributed by atoms with van der Waals surface area (Å²) in [4.78, 5) is 2.49. The summed E-state index contributed by atoms with van der Waals surface area (Å²) >= 11 is 0. The van der Waals surface area contributed by atoms with Gasteiger partial charge in [0.2, 0.25) is 0 Å². The molecule has 0 bridgehead atoms. The molecule has 0 fully saturated rings. The minimum Gasteiger partial charge on any atom is -0.456 e. The van der Waals surface area contributed by atoms with Crippen LogP contribution in [0, 0.1) is 0 Å². The average Bonchev–Trinajstić information content (AvgIpc) is 3.93. The van der Waals surface area contributed by atoms with Crippen LogP contribution < -0.4 is 4.90 Å². The van der Waals surface area contributed by atoms with Crippen LogP contribution in [0.15, 0.2) is 192 Å². The highest BCUT2D eigenvalue weighted by Gasteiger charge is 2.54. The maximum atomic E-state index is 6.81. The summed E-state index contributed by atoms with van der Waals surface area (Å²) in [7, 11) is 0. The molecule has 1 aromatic heterocycles. The second-order valence-electron chi connectivity index (χ2n) is 16.0. The number of benzene rings is 8. The van der Waals surface area contributed by atoms with Crippen molar-refractivity contribution < 1.29 is 4.42 Å². The van der Waals surface area contributed by atoms with Crippen molar-refractivity contribution in [3.05, 3.63) is 221 Å². The lowest BCUT2D eigenvalue weighted by Gasteiger charge is -2.33. The Balaban J connectivity index is 1.16. The van der Waals surface area contributed by atoms with Gasteiger partial charge in [0.1, 0.15) is 11.3 Å². The van der Waals surface area contributed by atoms with Gasteiger partial charge in [-0.15, -0.1) is 0 Å². The molecule has 0 amide bonds. The molecule has 1 unspecified atom stereocenters. The summed E-state index contributed by atoms with van der Waals surface area (Å²) in [5.74, 6) is 0.974. The van der Waals surface area contributed by atoms with Gasteiger partial charge in [0.15, 0.2) is 0 Å². The van der Waals surface area contributed by atoms with E-state index in [4.69, 9.17) is 4.42 Å². The first kappa shape index (κ1) is 31.5. The molecular weight excluding hydrogens is 679 g/mol. The van der Waals surface area contributed by atoms with E-state index in [9.17, 15) is 0 Å². The van der Waals surface area contributed by atoms with Crippen LogP contribution in [-0.2, 0) is 10.8 Å². The Morgan fingerprint density at radius 1 is 0.411 bits per heavy atom. The summed E-state index contributed by atoms with van der Waals surface area (Å²) < 4.78 is 6.81. The summed E-state index contributed by atoms with van der Waals surface area (Å²) in [6, 6.07) is 69.3. The SMILES string of the molecule is CC1(C)c2ccccc2-c2ccc(N(c3ccc4c(c3)C3(c5ccccc5-4)c4ccccc4-c4oc5ccccc5c43)c3ccccc3-c3ccccc3)cc21. The van der Waals surface area contributed by atoms with E-state index in [1.807, 2.05) is 0 Å². The van der Waals surface area contributed by atoms with Crippen LogP contribution in [0.2, 0.25) is 0 Å². The molecule has 0 radical (unpaired) electrons. The number of fused-ring (bicyclic) bond motifs is 15. The first-order chi connectivity index (χ1) is 27.5. The monoisotopic (exact) mass is 715 g/mol. The highest BCUT2D eigenvalue weighted by atomic mass is 16.3. The number of rotatable bonds is 4. The molecule has 0 aliphatic heterocycles. The smallest absolute Gasteiger partial charge is 0.140 e. The second-order valence-corrected chi connectivity index (χ2v) is 16.0. The topological polar surface area (TPSA) is 16.4 Å². The molecule has 1 spiro atoms. The number of furan rings is 1. The van der Waals surface area contributed by atoms with Crippen molar-refractivity contribution in [1.29, 1.82) is 0 Å². The first-order valence-corrected chi connectivity index (χ1v) is 19.6. The molecule has 1 atom stereocenters. The molecule has 3 aliphatic rings. The lowest BCUT2D eigenvalue weighted by molar-refractivity contribution is 0.628. The van der Waals surface area contributed by atoms with E-state index in [1.165, 1.54) is 77.7 Å². The lowest BCUT2D eigenvalue weighted by atomic mass is 9.70. The van der Waals surface area contributed by atoms with E-state index in [2.05, 4.69) is 207 Å². The number of hydrogen-bond donors (Lipinski definition) is 0. The molecule has 56 heavy (non-hydrogen) atoms. The zero-order valence-corrected chi connectivity index (χ0v) is 31.3. The number of nitrogens with zero attached hydrogens (tertiary/aromatic N) is 1. The Labute approximate surface area is 327 Å². The van der Waals surface area contributed by atoms with E-state index < -0.39 is 5.41 Å². The van der Waals surface area contributed by atoms with Crippen LogP contribution in [0.1, 0.15) is 47.2 Å². The van der Waals surface area contributed by atoms with E-state index in [-0.39, 0.29) is 5.41 Å². The average molecular weight is 716 g/mol. The van der Waals surface area contributed by atoms with Crippen molar-refractivity contribution in [2.24, 2.45) is 0 Å². The Bertz CT molecular complexity index is 3080. The zero-order chi connectivity index (χ0) is 37.2. The van der Waals surface area contributed by atoms with Crippen LogP contribution in [0.3, 0.4) is 0 Å². The predicted octanol–water partition coefficient (Wildman–Crippen LogP) is 14.2. The largest absolute Gasteiger partial charge is 0.456 e. The Morgan fingerprint density at radius 3 is 1.68 bits per heavy atom. The highest BCUT2D eigenvalue weighted by Crippen LogP contribution is 2.65. The molecule has 3 aliphatic carbocycles. The first-order valence-electron chi connectivity index (χ1n) is 19.6. The minimum atomic E-state index is -0.549. The van der Waals surface area contributed by atoms with E-state index in [1.54, 1.807) is 0 Å². The molecule has 0 N–H and O–H groups in total. The molecule has 0 saturated carbocycles. The Morgan fingerprint density at radius 2 is 0.929 bits per heavy atom. The van der Waals surface area contributed by atoms with Gasteiger partial charge in [-0.3, -0.25) is 0 Å². The van der Waals surface area contributed by atoms with Crippen LogP contribution >= 0.6 is 0 Å². The van der Waals surface area contributed by atoms with Crippen molar-refractivity contribution >= 4 is 28.0 Å². The van der Waals surface area contributed by atoms with Gasteiger partial charge in [0.25, 0.3) is 0 Å². The van der Waals surface area contributed by atoms with Gasteiger partial charge in [-0.25, -0.2) is 0 Å². The summed E-state index contributed by atoms with van der Waals surface area (Å²) in [5, 5.41) is 1.17. The van der Waals surface area contributed by atoms with Crippen molar-refractivity contribution in [3.8, 4) is 44.7 Å². The maximum Gasteiger partial charge on any atom is 0.140 e. The van der Waals surface area contributed by atoms with Crippen molar-refractivity contribution in [1.82, 2.24) is 0 Å². The molecule has 264 valence electrons. The number of para-hydroxylation sites is 2. The van der Waals surface area contributed by atoms with Crippen molar-refractivity contribution in [3.63, 3.8) is 0 Å². The fourth-order valence-corrected chi connectivity index (χ4v) is 10.5. The van der Waals surface area contributed by atoms with E-state index in [0.717, 1.165) is 28.4 Å². The third-order valence-corrected chi connectivity index (χ3v) is 12.9. The van der Waals surface area contributed by atoms with Gasteiger partial charge < -0.3 is 9.32 Å². The lowest BCUT2D eigenvalue weighted by Crippen LogP contribution is -2.26. The maximum absolute atomic E-state index is 6.81. The predicted molar refractivity (Wildman–Crippen MR) is 230 cm³/mol. The number of hydrogen-bond acceptors (Lipinski definition) is 2. The molecule has 1 heterocycles. The van der Waals surface area contributed by atoms with Gasteiger partial charge in [-0.2, -0.15) is 0 Å². The zero-order valence-electron chi connectivity index (χ0n) is 31.3. The third kappa shape index (κ3) is 4.00. The number of anilines is 3. The standard InChI is InChI=1S/C54H37NO/c1-53(2)44-23-11-6-19-38(44)40-30-28-35(32-47(40)53)55(49-26-14-9-18-37(49)34-16-4-3-5-17-34)36-29-31-41-39-20-7-12-24-45(39)54(48(41)33-36)46-25-13-8-21-42(46)52-51(54)43-22-10-15-27-50(43)56-52/h3-33H,1-2H3. The summed E-state index contributed by atoms with van der Waals surface area (Å²) in [5.41, 5.74) is 20.2. The van der Waals surface area contributed by atoms with Crippen LogP contribution in [0.5, 0.6) is 0 Å². The van der Waals surface area contributed by atoms with E-state index >= 15 is 0 Å². The normalized spacial score (nSPS) is 16.2. The van der Waals surface area contributed by atoms with Gasteiger partial charge >= 0.3 is 0 Å². The molecular formula is C54H37NO. The highest BCUT2D eigenvalue weighted by molar-refractivity contribution is 6.03. The molecule has 12 rings (SSSR count). The molecule has 2 nitrogen and oxygen atoms in total. The van der Waals surface area contributed by atoms with Crippen LogP contribution in [-0.4, -0.2) is 0 Å². The van der Waals surface area contributed by atoms with Gasteiger partial charge in [-0.1, -0.05) is 166 Å². The van der Waals surface area contributed by atoms with E-state index in [0.29, 0.717) is 0 Å².